The Kier molecular flexibility index (Phi) is 5.30. The van der Waals surface area contributed by atoms with Gasteiger partial charge in [0.2, 0.25) is 5.91 Å². The number of rotatable bonds is 6. The van der Waals surface area contributed by atoms with Crippen LogP contribution in [-0.2, 0) is 4.79 Å². The van der Waals surface area contributed by atoms with Crippen LogP contribution in [0.25, 0.3) is 0 Å². The van der Waals surface area contributed by atoms with E-state index in [9.17, 15) is 14.9 Å². The first-order valence-corrected chi connectivity index (χ1v) is 7.19. The van der Waals surface area contributed by atoms with Crippen LogP contribution in [0.5, 0.6) is 5.75 Å². The van der Waals surface area contributed by atoms with Crippen molar-refractivity contribution in [3.63, 3.8) is 0 Å². The van der Waals surface area contributed by atoms with Gasteiger partial charge in [0.15, 0.2) is 0 Å². The van der Waals surface area contributed by atoms with Gasteiger partial charge in [0, 0.05) is 17.8 Å². The van der Waals surface area contributed by atoms with Crippen molar-refractivity contribution in [1.82, 2.24) is 0 Å². The normalized spacial score (nSPS) is 10.2. The second-order valence-electron chi connectivity index (χ2n) is 5.27. The van der Waals surface area contributed by atoms with Gasteiger partial charge in [-0.1, -0.05) is 6.07 Å². The molecule has 0 aliphatic heterocycles. The van der Waals surface area contributed by atoms with Crippen molar-refractivity contribution in [3.8, 4) is 5.75 Å². The molecule has 0 spiro atoms. The van der Waals surface area contributed by atoms with Crippen molar-refractivity contribution >= 4 is 17.3 Å². The van der Waals surface area contributed by atoms with E-state index in [1.165, 1.54) is 24.3 Å². The highest BCUT2D eigenvalue weighted by atomic mass is 16.6. The number of nitro benzene ring substituents is 1. The SMILES string of the molecule is Cc1cc(C)cc(OCCC(=O)Nc2ccc([N+](=O)[O-])cc2)c1. The Morgan fingerprint density at radius 3 is 2.30 bits per heavy atom. The summed E-state index contributed by atoms with van der Waals surface area (Å²) >= 11 is 0. The van der Waals surface area contributed by atoms with Crippen molar-refractivity contribution in [1.29, 1.82) is 0 Å². The molecule has 6 nitrogen and oxygen atoms in total. The van der Waals surface area contributed by atoms with Crippen LogP contribution in [0.2, 0.25) is 0 Å². The number of hydrogen-bond donors (Lipinski definition) is 1. The van der Waals surface area contributed by atoms with E-state index in [0.717, 1.165) is 16.9 Å². The number of benzene rings is 2. The Morgan fingerprint density at radius 1 is 1.13 bits per heavy atom. The lowest BCUT2D eigenvalue weighted by molar-refractivity contribution is -0.384. The fraction of sp³-hybridized carbons (Fsp3) is 0.235. The molecule has 0 unspecified atom stereocenters. The zero-order valence-corrected chi connectivity index (χ0v) is 13.0. The molecule has 2 aromatic carbocycles. The number of aryl methyl sites for hydroxylation is 2. The minimum atomic E-state index is -0.483. The molecule has 120 valence electrons. The van der Waals surface area contributed by atoms with Gasteiger partial charge >= 0.3 is 0 Å². The highest BCUT2D eigenvalue weighted by molar-refractivity contribution is 5.90. The minimum absolute atomic E-state index is 0.0128. The van der Waals surface area contributed by atoms with E-state index in [-0.39, 0.29) is 24.6 Å². The summed E-state index contributed by atoms with van der Waals surface area (Å²) in [6, 6.07) is 11.6. The van der Waals surface area contributed by atoms with Gasteiger partial charge in [-0.2, -0.15) is 0 Å². The van der Waals surface area contributed by atoms with E-state index in [4.69, 9.17) is 4.74 Å². The lowest BCUT2D eigenvalue weighted by atomic mass is 10.1. The first-order valence-electron chi connectivity index (χ1n) is 7.19. The number of hydrogen-bond acceptors (Lipinski definition) is 4. The van der Waals surface area contributed by atoms with Gasteiger partial charge in [0.25, 0.3) is 5.69 Å². The standard InChI is InChI=1S/C17H18N2O4/c1-12-9-13(2)11-16(10-12)23-8-7-17(20)18-14-3-5-15(6-4-14)19(21)22/h3-6,9-11H,7-8H2,1-2H3,(H,18,20). The average Bonchev–Trinajstić information content (AvgIpc) is 2.46. The predicted octanol–water partition coefficient (Wildman–Crippen LogP) is 3.62. The third-order valence-electron chi connectivity index (χ3n) is 3.15. The Labute approximate surface area is 134 Å². The largest absolute Gasteiger partial charge is 0.493 e. The summed E-state index contributed by atoms with van der Waals surface area (Å²) in [7, 11) is 0. The molecular formula is C17H18N2O4. The molecule has 0 saturated heterocycles. The van der Waals surface area contributed by atoms with Gasteiger partial charge in [-0.15, -0.1) is 0 Å². The highest BCUT2D eigenvalue weighted by Crippen LogP contribution is 2.17. The minimum Gasteiger partial charge on any atom is -0.493 e. The van der Waals surface area contributed by atoms with E-state index in [1.54, 1.807) is 0 Å². The Bertz CT molecular complexity index is 691. The second kappa shape index (κ2) is 7.40. The molecular weight excluding hydrogens is 296 g/mol. The fourth-order valence-electron chi connectivity index (χ4n) is 2.17. The van der Waals surface area contributed by atoms with Crippen molar-refractivity contribution < 1.29 is 14.5 Å². The molecule has 0 aromatic heterocycles. The third kappa shape index (κ3) is 5.10. The number of amides is 1. The average molecular weight is 314 g/mol. The molecule has 23 heavy (non-hydrogen) atoms. The summed E-state index contributed by atoms with van der Waals surface area (Å²) in [6.45, 7) is 4.24. The van der Waals surface area contributed by atoms with E-state index < -0.39 is 4.92 Å². The number of nitrogens with one attached hydrogen (secondary N) is 1. The van der Waals surface area contributed by atoms with Crippen LogP contribution in [0.4, 0.5) is 11.4 Å². The zero-order valence-electron chi connectivity index (χ0n) is 13.0. The number of ether oxygens (including phenoxy) is 1. The number of carbonyl (C=O) groups excluding carboxylic acids is 1. The van der Waals surface area contributed by atoms with Crippen LogP contribution < -0.4 is 10.1 Å². The van der Waals surface area contributed by atoms with Gasteiger partial charge in [0.05, 0.1) is 18.0 Å². The van der Waals surface area contributed by atoms with Crippen molar-refractivity contribution in [3.05, 3.63) is 63.7 Å². The molecule has 2 aromatic rings. The molecule has 0 bridgehead atoms. The quantitative estimate of drug-likeness (QED) is 0.652. The number of non-ortho nitro benzene ring substituents is 1. The summed E-state index contributed by atoms with van der Waals surface area (Å²) in [4.78, 5) is 21.9. The Hall–Kier alpha value is -2.89. The molecule has 0 fully saturated rings. The van der Waals surface area contributed by atoms with Crippen molar-refractivity contribution in [2.45, 2.75) is 20.3 Å². The lowest BCUT2D eigenvalue weighted by Crippen LogP contribution is -2.15. The third-order valence-corrected chi connectivity index (χ3v) is 3.15. The summed E-state index contributed by atoms with van der Waals surface area (Å²) in [5.74, 6) is 0.536. The van der Waals surface area contributed by atoms with Crippen LogP contribution in [0.1, 0.15) is 17.5 Å². The molecule has 1 amide bonds. The van der Waals surface area contributed by atoms with Gasteiger partial charge < -0.3 is 10.1 Å². The predicted molar refractivity (Wildman–Crippen MR) is 87.8 cm³/mol. The smallest absolute Gasteiger partial charge is 0.269 e. The van der Waals surface area contributed by atoms with Gasteiger partial charge in [-0.3, -0.25) is 14.9 Å². The first kappa shape index (κ1) is 16.5. The molecule has 0 aliphatic rings. The number of carbonyl (C=O) groups is 1. The molecule has 0 heterocycles. The number of nitro groups is 1. The van der Waals surface area contributed by atoms with Crippen LogP contribution in [0.15, 0.2) is 42.5 Å². The van der Waals surface area contributed by atoms with Crippen LogP contribution in [0.3, 0.4) is 0 Å². The Morgan fingerprint density at radius 2 is 1.74 bits per heavy atom. The topological polar surface area (TPSA) is 81.5 Å². The van der Waals surface area contributed by atoms with Crippen LogP contribution in [-0.4, -0.2) is 17.4 Å². The molecule has 0 aliphatic carbocycles. The monoisotopic (exact) mass is 314 g/mol. The van der Waals surface area contributed by atoms with Crippen molar-refractivity contribution in [2.75, 3.05) is 11.9 Å². The summed E-state index contributed by atoms with van der Waals surface area (Å²) in [6.07, 6.45) is 0.198. The highest BCUT2D eigenvalue weighted by Gasteiger charge is 2.07. The molecule has 0 radical (unpaired) electrons. The van der Waals surface area contributed by atoms with E-state index in [1.807, 2.05) is 32.0 Å². The van der Waals surface area contributed by atoms with Crippen molar-refractivity contribution in [2.24, 2.45) is 0 Å². The summed E-state index contributed by atoms with van der Waals surface area (Å²) < 4.78 is 5.58. The number of anilines is 1. The fourth-order valence-corrected chi connectivity index (χ4v) is 2.17. The first-order chi connectivity index (χ1) is 10.9. The maximum absolute atomic E-state index is 11.8. The summed E-state index contributed by atoms with van der Waals surface area (Å²) in [5, 5.41) is 13.2. The molecule has 1 N–H and O–H groups in total. The second-order valence-corrected chi connectivity index (χ2v) is 5.27. The van der Waals surface area contributed by atoms with E-state index in [0.29, 0.717) is 5.69 Å². The molecule has 6 heteroatoms. The van der Waals surface area contributed by atoms with E-state index >= 15 is 0 Å². The number of nitrogens with zero attached hydrogens (tertiary/aromatic N) is 1. The Balaban J connectivity index is 1.81. The molecule has 0 atom stereocenters. The molecule has 0 saturated carbocycles. The maximum atomic E-state index is 11.8. The molecule has 2 rings (SSSR count). The van der Waals surface area contributed by atoms with Gasteiger partial charge in [0.1, 0.15) is 5.75 Å². The zero-order chi connectivity index (χ0) is 16.8. The van der Waals surface area contributed by atoms with Gasteiger partial charge in [-0.05, 0) is 49.2 Å². The maximum Gasteiger partial charge on any atom is 0.269 e. The van der Waals surface area contributed by atoms with Crippen LogP contribution in [0, 0.1) is 24.0 Å². The van der Waals surface area contributed by atoms with E-state index in [2.05, 4.69) is 5.32 Å². The summed E-state index contributed by atoms with van der Waals surface area (Å²) in [5.41, 5.74) is 2.72. The van der Waals surface area contributed by atoms with Gasteiger partial charge in [-0.25, -0.2) is 0 Å². The van der Waals surface area contributed by atoms with Crippen LogP contribution >= 0.6 is 0 Å². The lowest BCUT2D eigenvalue weighted by Gasteiger charge is -2.09.